The molecule has 0 aliphatic heterocycles. The van der Waals surface area contributed by atoms with Gasteiger partial charge in [-0.05, 0) is 41.6 Å². The van der Waals surface area contributed by atoms with Crippen molar-refractivity contribution >= 4 is 46.2 Å². The normalized spacial score (nSPS) is 11.4. The maximum absolute atomic E-state index is 10.9. The Labute approximate surface area is 145 Å². The predicted molar refractivity (Wildman–Crippen MR) is 93.6 cm³/mol. The number of hydrogen-bond donors (Lipinski definition) is 1. The summed E-state index contributed by atoms with van der Waals surface area (Å²) in [6.45, 7) is 0. The first-order chi connectivity index (χ1) is 11.6. The van der Waals surface area contributed by atoms with Crippen LogP contribution in [0.15, 0.2) is 52.5 Å². The van der Waals surface area contributed by atoms with Gasteiger partial charge >= 0.3 is 0 Å². The van der Waals surface area contributed by atoms with Gasteiger partial charge in [0.15, 0.2) is 5.16 Å². The summed E-state index contributed by atoms with van der Waals surface area (Å²) >= 11 is 6.95. The number of H-pyrrole nitrogens is 1. The lowest BCUT2D eigenvalue weighted by Crippen LogP contribution is -1.89. The molecule has 3 aromatic rings. The number of nitro groups is 1. The van der Waals surface area contributed by atoms with Gasteiger partial charge in [0, 0.05) is 6.07 Å². The number of para-hydroxylation sites is 2. The van der Waals surface area contributed by atoms with Gasteiger partial charge < -0.3 is 4.98 Å². The van der Waals surface area contributed by atoms with E-state index in [1.165, 1.54) is 12.1 Å². The Hall–Kier alpha value is -2.82. The number of hydrogen-bond acceptors (Lipinski definition) is 5. The lowest BCUT2D eigenvalue weighted by molar-refractivity contribution is -0.384. The summed E-state index contributed by atoms with van der Waals surface area (Å²) in [5.74, 6) is 0. The minimum Gasteiger partial charge on any atom is -0.333 e. The number of nitriles is 1. The highest BCUT2D eigenvalue weighted by atomic mass is 35.5. The number of nitrogens with zero attached hydrogens (tertiary/aromatic N) is 3. The Balaban J connectivity index is 1.91. The SMILES string of the molecule is N#C/C(=C\c1ccc(Cl)c([N+](=O)[O-])c1)Sc1nc2ccccc2[nH]1. The zero-order chi connectivity index (χ0) is 17.1. The Morgan fingerprint density at radius 1 is 1.38 bits per heavy atom. The molecule has 1 heterocycles. The van der Waals surface area contributed by atoms with Gasteiger partial charge in [-0.2, -0.15) is 5.26 Å². The number of imidazole rings is 1. The smallest absolute Gasteiger partial charge is 0.288 e. The zero-order valence-corrected chi connectivity index (χ0v) is 13.6. The first-order valence-corrected chi connectivity index (χ1v) is 7.94. The summed E-state index contributed by atoms with van der Waals surface area (Å²) in [7, 11) is 0. The van der Waals surface area contributed by atoms with Crippen LogP contribution in [-0.2, 0) is 0 Å². The molecule has 1 aromatic heterocycles. The van der Waals surface area contributed by atoms with Crippen LogP contribution < -0.4 is 0 Å². The van der Waals surface area contributed by atoms with Gasteiger partial charge in [0.05, 0.1) is 20.9 Å². The molecule has 8 heteroatoms. The standard InChI is InChI=1S/C16H9ClN4O2S/c17-12-6-5-10(8-15(12)21(22)23)7-11(9-18)24-16-19-13-3-1-2-4-14(13)20-16/h1-8H,(H,19,20)/b11-7+. The van der Waals surface area contributed by atoms with Crippen molar-refractivity contribution in [2.24, 2.45) is 0 Å². The Morgan fingerprint density at radius 3 is 2.88 bits per heavy atom. The zero-order valence-electron chi connectivity index (χ0n) is 12.1. The van der Waals surface area contributed by atoms with E-state index in [2.05, 4.69) is 16.0 Å². The molecule has 0 radical (unpaired) electrons. The number of allylic oxidation sites excluding steroid dienone is 1. The van der Waals surface area contributed by atoms with Crippen molar-refractivity contribution in [3.8, 4) is 6.07 Å². The molecule has 2 aromatic carbocycles. The molecule has 0 spiro atoms. The number of thioether (sulfide) groups is 1. The molecule has 0 atom stereocenters. The summed E-state index contributed by atoms with van der Waals surface area (Å²) < 4.78 is 0. The van der Waals surface area contributed by atoms with Crippen molar-refractivity contribution in [2.45, 2.75) is 5.16 Å². The van der Waals surface area contributed by atoms with Crippen LogP contribution in [0.3, 0.4) is 0 Å². The number of halogens is 1. The molecule has 0 fully saturated rings. The Bertz CT molecular complexity index is 974. The van der Waals surface area contributed by atoms with Gasteiger partial charge in [-0.15, -0.1) is 0 Å². The van der Waals surface area contributed by atoms with Crippen molar-refractivity contribution in [2.75, 3.05) is 0 Å². The second-order valence-electron chi connectivity index (χ2n) is 4.75. The molecule has 24 heavy (non-hydrogen) atoms. The van der Waals surface area contributed by atoms with Gasteiger partial charge in [0.25, 0.3) is 5.69 Å². The first-order valence-electron chi connectivity index (χ1n) is 6.75. The number of nitrogens with one attached hydrogen (secondary N) is 1. The van der Waals surface area contributed by atoms with Crippen LogP contribution >= 0.6 is 23.4 Å². The molecule has 0 aliphatic carbocycles. The Morgan fingerprint density at radius 2 is 2.17 bits per heavy atom. The predicted octanol–water partition coefficient (Wildman–Crippen LogP) is 4.78. The Kier molecular flexibility index (Phi) is 4.51. The van der Waals surface area contributed by atoms with E-state index >= 15 is 0 Å². The molecule has 6 nitrogen and oxygen atoms in total. The van der Waals surface area contributed by atoms with Gasteiger partial charge in [-0.1, -0.05) is 29.8 Å². The van der Waals surface area contributed by atoms with E-state index in [-0.39, 0.29) is 10.7 Å². The highest BCUT2D eigenvalue weighted by molar-refractivity contribution is 8.03. The molecule has 118 valence electrons. The number of benzene rings is 2. The van der Waals surface area contributed by atoms with E-state index in [0.717, 1.165) is 22.8 Å². The summed E-state index contributed by atoms with van der Waals surface area (Å²) in [6.07, 6.45) is 1.56. The van der Waals surface area contributed by atoms with Gasteiger partial charge in [-0.25, -0.2) is 4.98 Å². The third-order valence-corrected chi connectivity index (χ3v) is 4.28. The molecule has 3 rings (SSSR count). The van der Waals surface area contributed by atoms with E-state index in [1.54, 1.807) is 12.1 Å². The fourth-order valence-corrected chi connectivity index (χ4v) is 3.02. The average Bonchev–Trinajstić information content (AvgIpc) is 2.97. The van der Waals surface area contributed by atoms with Crippen molar-refractivity contribution in [3.63, 3.8) is 0 Å². The number of fused-ring (bicyclic) bond motifs is 1. The van der Waals surface area contributed by atoms with Crippen LogP contribution in [0.2, 0.25) is 5.02 Å². The monoisotopic (exact) mass is 356 g/mol. The molecule has 0 amide bonds. The number of aromatic amines is 1. The second-order valence-corrected chi connectivity index (χ2v) is 6.19. The molecule has 0 aliphatic rings. The van der Waals surface area contributed by atoms with Gasteiger partial charge in [-0.3, -0.25) is 10.1 Å². The molecular formula is C16H9ClN4O2S. The first kappa shape index (κ1) is 16.1. The maximum atomic E-state index is 10.9. The largest absolute Gasteiger partial charge is 0.333 e. The van der Waals surface area contributed by atoms with Crippen molar-refractivity contribution < 1.29 is 4.92 Å². The lowest BCUT2D eigenvalue weighted by atomic mass is 10.2. The third kappa shape index (κ3) is 3.40. The summed E-state index contributed by atoms with van der Waals surface area (Å²) in [5.41, 5.74) is 2.00. The van der Waals surface area contributed by atoms with Gasteiger partial charge in [0.2, 0.25) is 0 Å². The number of nitro benzene ring substituents is 1. The quantitative estimate of drug-likeness (QED) is 0.314. The molecule has 0 bridgehead atoms. The van der Waals surface area contributed by atoms with Crippen LogP contribution in [0.5, 0.6) is 0 Å². The van der Waals surface area contributed by atoms with Crippen molar-refractivity contribution in [1.29, 1.82) is 5.26 Å². The van der Waals surface area contributed by atoms with E-state index in [1.807, 2.05) is 24.3 Å². The van der Waals surface area contributed by atoms with Crippen LogP contribution in [0.4, 0.5) is 5.69 Å². The lowest BCUT2D eigenvalue weighted by Gasteiger charge is -1.99. The van der Waals surface area contributed by atoms with Crippen LogP contribution in [-0.4, -0.2) is 14.9 Å². The van der Waals surface area contributed by atoms with Crippen LogP contribution in [0.25, 0.3) is 17.1 Å². The molecule has 1 N–H and O–H groups in total. The summed E-state index contributed by atoms with van der Waals surface area (Å²) in [6, 6.07) is 14.0. The molecule has 0 saturated carbocycles. The van der Waals surface area contributed by atoms with Crippen LogP contribution in [0.1, 0.15) is 5.56 Å². The number of aromatic nitrogens is 2. The minimum absolute atomic E-state index is 0.0561. The second kappa shape index (κ2) is 6.74. The van der Waals surface area contributed by atoms with Crippen molar-refractivity contribution in [3.05, 3.63) is 68.1 Å². The molecule has 0 saturated heterocycles. The highest BCUT2D eigenvalue weighted by Gasteiger charge is 2.13. The summed E-state index contributed by atoms with van der Waals surface area (Å²) in [4.78, 5) is 18.2. The van der Waals surface area contributed by atoms with E-state index in [4.69, 9.17) is 11.6 Å². The van der Waals surface area contributed by atoms with E-state index in [9.17, 15) is 15.4 Å². The summed E-state index contributed by atoms with van der Waals surface area (Å²) in [5, 5.41) is 20.9. The third-order valence-electron chi connectivity index (χ3n) is 3.15. The topological polar surface area (TPSA) is 95.6 Å². The molecule has 0 unspecified atom stereocenters. The van der Waals surface area contributed by atoms with E-state index < -0.39 is 4.92 Å². The fourth-order valence-electron chi connectivity index (χ4n) is 2.08. The number of rotatable bonds is 4. The minimum atomic E-state index is -0.557. The highest BCUT2D eigenvalue weighted by Crippen LogP contribution is 2.30. The van der Waals surface area contributed by atoms with Crippen LogP contribution in [0, 0.1) is 21.4 Å². The van der Waals surface area contributed by atoms with Gasteiger partial charge in [0.1, 0.15) is 11.1 Å². The van der Waals surface area contributed by atoms with Crippen molar-refractivity contribution in [1.82, 2.24) is 9.97 Å². The average molecular weight is 357 g/mol. The molecular weight excluding hydrogens is 348 g/mol. The fraction of sp³-hybridized carbons (Fsp3) is 0. The maximum Gasteiger partial charge on any atom is 0.288 e. The van der Waals surface area contributed by atoms with E-state index in [0.29, 0.717) is 15.6 Å².